The van der Waals surface area contributed by atoms with Gasteiger partial charge in [0.1, 0.15) is 100 Å². The summed E-state index contributed by atoms with van der Waals surface area (Å²) < 4.78 is 51.2. The fourth-order valence-corrected chi connectivity index (χ4v) is 6.76. The molecule has 73 heavy (non-hydrogen) atoms. The Morgan fingerprint density at radius 2 is 0.603 bits per heavy atom. The summed E-state index contributed by atoms with van der Waals surface area (Å²) in [5, 5.41) is 20.4. The molecule has 4 atom stereocenters. The quantitative estimate of drug-likeness (QED) is 0.0287. The van der Waals surface area contributed by atoms with E-state index in [0.717, 1.165) is 22.3 Å². The molecule has 0 aliphatic heterocycles. The zero-order valence-electron chi connectivity index (χ0n) is 43.2. The molecular formula is C58H70O15. The molecule has 4 rings (SSSR count). The standard InChI is InChI=1S/C58H70O15/c1-37(2)53(61)69-31-45(59)29-65-47-21-13-41(14-22-47)57(9,10)43-17-25-49(26-18-43)67-33-51(35-71-55(63)39(5)6)73-52(36-72-56(64)40(7)8)34-68-50-27-19-44(20-28-50)58(11,12)42-15-23-48(24-16-42)66-30-46(60)32-70-54(62)38(3)4/h13-28,45-46,51-52,59-60H,1,3,5,7,29-36H2,2,4,6,8-12H3. The minimum absolute atomic E-state index is 0.0462. The molecule has 15 heteroatoms. The van der Waals surface area contributed by atoms with Gasteiger partial charge < -0.3 is 52.8 Å². The predicted octanol–water partition coefficient (Wildman–Crippen LogP) is 8.51. The smallest absolute Gasteiger partial charge is 0.333 e. The number of hydrogen-bond acceptors (Lipinski definition) is 15. The Bertz CT molecular complexity index is 2330. The Morgan fingerprint density at radius 1 is 0.384 bits per heavy atom. The molecule has 0 saturated carbocycles. The first-order valence-corrected chi connectivity index (χ1v) is 23.7. The van der Waals surface area contributed by atoms with Crippen LogP contribution in [-0.4, -0.2) is 111 Å². The van der Waals surface area contributed by atoms with E-state index in [1.165, 1.54) is 27.7 Å². The minimum Gasteiger partial charge on any atom is -0.491 e. The van der Waals surface area contributed by atoms with Crippen molar-refractivity contribution >= 4 is 23.9 Å². The minimum atomic E-state index is -1.00. The normalized spacial score (nSPS) is 13.0. The van der Waals surface area contributed by atoms with Crippen molar-refractivity contribution in [2.45, 2.75) is 90.6 Å². The summed E-state index contributed by atoms with van der Waals surface area (Å²) in [4.78, 5) is 48.3. The number of esters is 4. The largest absolute Gasteiger partial charge is 0.491 e. The molecular weight excluding hydrogens is 937 g/mol. The van der Waals surface area contributed by atoms with E-state index in [0.29, 0.717) is 23.0 Å². The summed E-state index contributed by atoms with van der Waals surface area (Å²) in [6, 6.07) is 30.2. The summed E-state index contributed by atoms with van der Waals surface area (Å²) in [6.07, 6.45) is -3.67. The number of hydrogen-bond donors (Lipinski definition) is 2. The SMILES string of the molecule is C=C(C)C(=O)OCC(O)COc1ccc(C(C)(C)c2ccc(OCC(COC(=O)C(=C)C)OC(COC(=O)C(=C)C)COc3ccc(C(C)(C)c4ccc(OCC(O)COC(=O)C(=C)C)cc4)cc3)cc2)cc1. The number of aliphatic hydroxyl groups excluding tert-OH is 2. The van der Waals surface area contributed by atoms with Crippen LogP contribution in [-0.2, 0) is 53.7 Å². The van der Waals surface area contributed by atoms with Gasteiger partial charge in [0.2, 0.25) is 0 Å². The lowest BCUT2D eigenvalue weighted by molar-refractivity contribution is -0.154. The van der Waals surface area contributed by atoms with Crippen molar-refractivity contribution in [3.8, 4) is 23.0 Å². The molecule has 392 valence electrons. The molecule has 0 bridgehead atoms. The molecule has 4 unspecified atom stereocenters. The van der Waals surface area contributed by atoms with Crippen LogP contribution in [0.4, 0.5) is 0 Å². The number of benzene rings is 4. The van der Waals surface area contributed by atoms with Gasteiger partial charge >= 0.3 is 23.9 Å². The Morgan fingerprint density at radius 3 is 0.836 bits per heavy atom. The van der Waals surface area contributed by atoms with E-state index < -0.39 is 59.1 Å². The molecule has 0 amide bonds. The zero-order chi connectivity index (χ0) is 53.9. The average molecular weight is 1010 g/mol. The second-order valence-electron chi connectivity index (χ2n) is 18.8. The van der Waals surface area contributed by atoms with Crippen LogP contribution in [0.25, 0.3) is 0 Å². The van der Waals surface area contributed by atoms with Crippen LogP contribution in [0.2, 0.25) is 0 Å². The molecule has 0 spiro atoms. The third kappa shape index (κ3) is 18.7. The van der Waals surface area contributed by atoms with Crippen LogP contribution in [0.1, 0.15) is 77.6 Å². The number of ether oxygens (including phenoxy) is 9. The van der Waals surface area contributed by atoms with Crippen molar-refractivity contribution in [3.63, 3.8) is 0 Å². The number of rotatable bonds is 30. The lowest BCUT2D eigenvalue weighted by Gasteiger charge is -2.27. The predicted molar refractivity (Wildman–Crippen MR) is 276 cm³/mol. The van der Waals surface area contributed by atoms with Crippen LogP contribution < -0.4 is 18.9 Å². The van der Waals surface area contributed by atoms with Crippen molar-refractivity contribution in [2.75, 3.05) is 52.9 Å². The summed E-state index contributed by atoms with van der Waals surface area (Å²) in [5.41, 5.74) is 4.05. The number of aliphatic hydroxyl groups is 2. The lowest BCUT2D eigenvalue weighted by atomic mass is 9.78. The summed E-state index contributed by atoms with van der Waals surface area (Å²) in [7, 11) is 0. The second kappa shape index (κ2) is 27.6. The highest BCUT2D eigenvalue weighted by Gasteiger charge is 2.27. The van der Waals surface area contributed by atoms with Crippen molar-refractivity contribution in [3.05, 3.63) is 168 Å². The first-order chi connectivity index (χ1) is 34.5. The number of carbonyl (C=O) groups excluding carboxylic acids is 4. The Hall–Kier alpha value is -7.20. The maximum Gasteiger partial charge on any atom is 0.333 e. The van der Waals surface area contributed by atoms with Crippen molar-refractivity contribution < 1.29 is 72.0 Å². The second-order valence-corrected chi connectivity index (χ2v) is 18.8. The number of carbonyl (C=O) groups is 4. The van der Waals surface area contributed by atoms with Gasteiger partial charge in [-0.3, -0.25) is 0 Å². The van der Waals surface area contributed by atoms with E-state index in [9.17, 15) is 29.4 Å². The fraction of sp³-hybridized carbons (Fsp3) is 0.379. The molecule has 4 aromatic carbocycles. The van der Waals surface area contributed by atoms with Gasteiger partial charge in [-0.1, -0.05) is 103 Å². The van der Waals surface area contributed by atoms with Gasteiger partial charge in [0.25, 0.3) is 0 Å². The highest BCUT2D eigenvalue weighted by atomic mass is 16.6. The maximum absolute atomic E-state index is 12.5. The van der Waals surface area contributed by atoms with E-state index in [2.05, 4.69) is 54.0 Å². The Balaban J connectivity index is 1.40. The van der Waals surface area contributed by atoms with Crippen LogP contribution in [0.5, 0.6) is 23.0 Å². The van der Waals surface area contributed by atoms with E-state index in [1.807, 2.05) is 97.1 Å². The van der Waals surface area contributed by atoms with Gasteiger partial charge in [-0.2, -0.15) is 0 Å². The van der Waals surface area contributed by atoms with Crippen LogP contribution in [0.15, 0.2) is 146 Å². The van der Waals surface area contributed by atoms with Crippen LogP contribution in [0.3, 0.4) is 0 Å². The monoisotopic (exact) mass is 1010 g/mol. The van der Waals surface area contributed by atoms with E-state index in [4.69, 9.17) is 42.6 Å². The molecule has 2 N–H and O–H groups in total. The van der Waals surface area contributed by atoms with Crippen LogP contribution >= 0.6 is 0 Å². The maximum atomic E-state index is 12.5. The zero-order valence-corrected chi connectivity index (χ0v) is 43.2. The first kappa shape index (κ1) is 58.4. The fourth-order valence-electron chi connectivity index (χ4n) is 6.76. The van der Waals surface area contributed by atoms with Gasteiger partial charge in [0.05, 0.1) is 0 Å². The van der Waals surface area contributed by atoms with Crippen molar-refractivity contribution in [2.24, 2.45) is 0 Å². The molecule has 0 aliphatic rings. The Labute approximate surface area is 429 Å². The van der Waals surface area contributed by atoms with E-state index >= 15 is 0 Å². The van der Waals surface area contributed by atoms with E-state index in [1.54, 1.807) is 0 Å². The summed E-state index contributed by atoms with van der Waals surface area (Å²) in [5.74, 6) is -0.227. The van der Waals surface area contributed by atoms with Crippen molar-refractivity contribution in [1.82, 2.24) is 0 Å². The molecule has 0 aliphatic carbocycles. The third-order valence-electron chi connectivity index (χ3n) is 11.5. The average Bonchev–Trinajstić information content (AvgIpc) is 3.37. The van der Waals surface area contributed by atoms with E-state index in [-0.39, 0.29) is 75.1 Å². The van der Waals surface area contributed by atoms with Gasteiger partial charge in [0, 0.05) is 33.1 Å². The topological polar surface area (TPSA) is 192 Å². The summed E-state index contributed by atoms with van der Waals surface area (Å²) >= 11 is 0. The molecule has 15 nitrogen and oxygen atoms in total. The molecule has 0 saturated heterocycles. The molecule has 0 heterocycles. The molecule has 4 aromatic rings. The van der Waals surface area contributed by atoms with Gasteiger partial charge in [-0.15, -0.1) is 0 Å². The molecule has 0 radical (unpaired) electrons. The van der Waals surface area contributed by atoms with Crippen LogP contribution in [0, 0.1) is 0 Å². The van der Waals surface area contributed by atoms with Crippen molar-refractivity contribution in [1.29, 1.82) is 0 Å². The third-order valence-corrected chi connectivity index (χ3v) is 11.5. The van der Waals surface area contributed by atoms with Gasteiger partial charge in [-0.25, -0.2) is 19.2 Å². The Kier molecular flexibility index (Phi) is 22.1. The molecule has 0 fully saturated rings. The summed E-state index contributed by atoms with van der Waals surface area (Å²) in [6.45, 7) is 27.9. The highest BCUT2D eigenvalue weighted by Crippen LogP contribution is 2.35. The lowest BCUT2D eigenvalue weighted by Crippen LogP contribution is -2.38. The molecule has 0 aromatic heterocycles. The van der Waals surface area contributed by atoms with Gasteiger partial charge in [-0.05, 0) is 98.5 Å². The van der Waals surface area contributed by atoms with Gasteiger partial charge in [0.15, 0.2) is 0 Å². The first-order valence-electron chi connectivity index (χ1n) is 23.7. The highest BCUT2D eigenvalue weighted by molar-refractivity contribution is 5.88.